The van der Waals surface area contributed by atoms with Gasteiger partial charge in [0.25, 0.3) is 0 Å². The molecule has 2 aromatic heterocycles. The van der Waals surface area contributed by atoms with Crippen molar-refractivity contribution in [1.29, 1.82) is 0 Å². The molecule has 2 aromatic carbocycles. The molecule has 7 nitrogen and oxygen atoms in total. The van der Waals surface area contributed by atoms with Crippen LogP contribution in [0.15, 0.2) is 67.0 Å². The Morgan fingerprint density at radius 3 is 2.76 bits per heavy atom. The van der Waals surface area contributed by atoms with E-state index >= 15 is 0 Å². The van der Waals surface area contributed by atoms with Crippen molar-refractivity contribution in [2.75, 3.05) is 12.4 Å². The lowest BCUT2D eigenvalue weighted by atomic mass is 9.88. The van der Waals surface area contributed by atoms with Gasteiger partial charge in [0.05, 0.1) is 47.0 Å². The summed E-state index contributed by atoms with van der Waals surface area (Å²) in [5.41, 5.74) is 3.35. The molecule has 1 amide bonds. The van der Waals surface area contributed by atoms with Gasteiger partial charge in [0.15, 0.2) is 17.7 Å². The molecule has 1 aliphatic rings. The minimum absolute atomic E-state index is 0.0532. The van der Waals surface area contributed by atoms with Gasteiger partial charge in [-0.2, -0.15) is 4.73 Å². The molecule has 0 radical (unpaired) electrons. The van der Waals surface area contributed by atoms with Gasteiger partial charge in [0, 0.05) is 24.2 Å². The van der Waals surface area contributed by atoms with Gasteiger partial charge in [-0.3, -0.25) is 14.6 Å². The lowest BCUT2D eigenvalue weighted by molar-refractivity contribution is -0.614. The highest BCUT2D eigenvalue weighted by Gasteiger charge is 2.26. The molecule has 0 spiro atoms. The van der Waals surface area contributed by atoms with Gasteiger partial charge in [-0.1, -0.05) is 30.2 Å². The lowest BCUT2D eigenvalue weighted by Crippen LogP contribution is -2.34. The molecule has 1 N–H and O–H groups in total. The first kappa shape index (κ1) is 28.2. The predicted octanol–water partition coefficient (Wildman–Crippen LogP) is 6.34. The van der Waals surface area contributed by atoms with Crippen LogP contribution < -0.4 is 10.0 Å². The summed E-state index contributed by atoms with van der Waals surface area (Å²) in [6.07, 6.45) is 4.88. The second-order valence-corrected chi connectivity index (χ2v) is 10.2. The van der Waals surface area contributed by atoms with Gasteiger partial charge in [-0.05, 0) is 60.4 Å². The number of hydrogen-bond donors (Lipinski definition) is 1. The van der Waals surface area contributed by atoms with Crippen LogP contribution >= 0.6 is 11.6 Å². The quantitative estimate of drug-likeness (QED) is 0.132. The van der Waals surface area contributed by atoms with Gasteiger partial charge in [0.1, 0.15) is 5.82 Å². The lowest BCUT2D eigenvalue weighted by Gasteiger charge is -2.20. The zero-order valence-electron chi connectivity index (χ0n) is 22.1. The number of halogens is 3. The van der Waals surface area contributed by atoms with E-state index in [2.05, 4.69) is 10.3 Å². The van der Waals surface area contributed by atoms with E-state index in [-0.39, 0.29) is 40.8 Å². The molecular formula is C31H26ClF2N3O4. The van der Waals surface area contributed by atoms with E-state index in [0.717, 1.165) is 23.9 Å². The van der Waals surface area contributed by atoms with Crippen LogP contribution in [0.1, 0.15) is 48.4 Å². The molecule has 41 heavy (non-hydrogen) atoms. The SMILES string of the molecule is COC(=O)Cc1ccc2c(c1)NC(=O)CCCCC(c1ccc(-c3c(F)ccc(Cl)c3F)c[n+]1[O-])c1ccnc-2c1. The number of anilines is 1. The van der Waals surface area contributed by atoms with Crippen LogP contribution in [-0.4, -0.2) is 24.0 Å². The van der Waals surface area contributed by atoms with Crippen LogP contribution in [0.4, 0.5) is 14.5 Å². The molecular weight excluding hydrogens is 552 g/mol. The Kier molecular flexibility index (Phi) is 8.26. The summed E-state index contributed by atoms with van der Waals surface area (Å²) >= 11 is 5.86. The summed E-state index contributed by atoms with van der Waals surface area (Å²) in [6.45, 7) is 0. The highest BCUT2D eigenvalue weighted by atomic mass is 35.5. The molecule has 2 bridgehead atoms. The number of aromatic nitrogens is 2. The van der Waals surface area contributed by atoms with E-state index in [9.17, 15) is 23.6 Å². The average molecular weight is 578 g/mol. The van der Waals surface area contributed by atoms with Crippen molar-refractivity contribution in [2.24, 2.45) is 0 Å². The van der Waals surface area contributed by atoms with Crippen LogP contribution in [-0.2, 0) is 20.7 Å². The maximum absolute atomic E-state index is 14.6. The summed E-state index contributed by atoms with van der Waals surface area (Å²) in [6, 6.07) is 14.2. The van der Waals surface area contributed by atoms with Crippen LogP contribution in [0.2, 0.25) is 5.02 Å². The van der Waals surface area contributed by atoms with Crippen molar-refractivity contribution in [2.45, 2.75) is 38.0 Å². The Morgan fingerprint density at radius 1 is 1.15 bits per heavy atom. The number of methoxy groups -OCH3 is 1. The Labute approximate surface area is 240 Å². The number of rotatable bonds is 4. The van der Waals surface area contributed by atoms with Crippen LogP contribution in [0.3, 0.4) is 0 Å². The van der Waals surface area contributed by atoms with E-state index in [0.29, 0.717) is 52.2 Å². The second kappa shape index (κ2) is 12.0. The smallest absolute Gasteiger partial charge is 0.309 e. The Bertz CT molecular complexity index is 1650. The average Bonchev–Trinajstić information content (AvgIpc) is 2.95. The number of nitrogens with zero attached hydrogens (tertiary/aromatic N) is 2. The monoisotopic (exact) mass is 577 g/mol. The number of esters is 1. The first-order chi connectivity index (χ1) is 19.7. The van der Waals surface area contributed by atoms with Crippen molar-refractivity contribution in [1.82, 2.24) is 4.98 Å². The number of pyridine rings is 2. The Morgan fingerprint density at radius 2 is 1.98 bits per heavy atom. The summed E-state index contributed by atoms with van der Waals surface area (Å²) in [4.78, 5) is 29.1. The Hall–Kier alpha value is -4.37. The molecule has 1 aliphatic heterocycles. The largest absolute Gasteiger partial charge is 0.618 e. The van der Waals surface area contributed by atoms with Crippen molar-refractivity contribution in [3.8, 4) is 22.4 Å². The van der Waals surface area contributed by atoms with Crippen LogP contribution in [0.5, 0.6) is 0 Å². The number of fused-ring (bicyclic) bond motifs is 4. The summed E-state index contributed by atoms with van der Waals surface area (Å²) < 4.78 is 34.5. The number of nitrogens with one attached hydrogen (secondary N) is 1. The molecule has 0 saturated carbocycles. The molecule has 1 atom stereocenters. The molecule has 0 fully saturated rings. The highest BCUT2D eigenvalue weighted by molar-refractivity contribution is 6.31. The minimum Gasteiger partial charge on any atom is -0.618 e. The fourth-order valence-corrected chi connectivity index (χ4v) is 5.27. The summed E-state index contributed by atoms with van der Waals surface area (Å²) in [5, 5.41) is 16.0. The zero-order chi connectivity index (χ0) is 29.1. The summed E-state index contributed by atoms with van der Waals surface area (Å²) in [7, 11) is 1.32. The zero-order valence-corrected chi connectivity index (χ0v) is 22.9. The number of ether oxygens (including phenoxy) is 1. The summed E-state index contributed by atoms with van der Waals surface area (Å²) in [5.74, 6) is -2.71. The van der Waals surface area contributed by atoms with E-state index in [1.165, 1.54) is 13.2 Å². The topological polar surface area (TPSA) is 95.2 Å². The standard InChI is InChI=1S/C31H26ClF2N3O4/c1-41-29(39)15-18-6-8-22-25-16-19(12-13-35-25)21(4-2-3-5-28(38)36-26(22)14-18)27-11-7-20(17-37(27)40)30-24(33)10-9-23(32)31(30)34/h6-14,16-17,21H,2-5,15H2,1H3,(H,36,38). The second-order valence-electron chi connectivity index (χ2n) is 9.84. The van der Waals surface area contributed by atoms with E-state index in [1.807, 2.05) is 12.1 Å². The van der Waals surface area contributed by atoms with Gasteiger partial charge in [0.2, 0.25) is 5.91 Å². The van der Waals surface area contributed by atoms with Gasteiger partial charge >= 0.3 is 5.97 Å². The van der Waals surface area contributed by atoms with E-state index in [4.69, 9.17) is 16.3 Å². The van der Waals surface area contributed by atoms with Crippen LogP contribution in [0.25, 0.3) is 22.4 Å². The third kappa shape index (κ3) is 6.05. The van der Waals surface area contributed by atoms with E-state index in [1.54, 1.807) is 30.5 Å². The first-order valence-corrected chi connectivity index (χ1v) is 13.5. The number of carbonyl (C=O) groups excluding carboxylic acids is 2. The molecule has 0 saturated heterocycles. The van der Waals surface area contributed by atoms with Gasteiger partial charge in [-0.15, -0.1) is 0 Å². The van der Waals surface area contributed by atoms with Gasteiger partial charge < -0.3 is 15.3 Å². The fourth-order valence-electron chi connectivity index (χ4n) is 5.11. The number of amides is 1. The van der Waals surface area contributed by atoms with Crippen molar-refractivity contribution in [3.05, 3.63) is 106 Å². The van der Waals surface area contributed by atoms with Crippen LogP contribution in [0, 0.1) is 16.8 Å². The predicted molar refractivity (Wildman–Crippen MR) is 150 cm³/mol. The molecule has 0 aliphatic carbocycles. The van der Waals surface area contributed by atoms with Crippen molar-refractivity contribution >= 4 is 29.2 Å². The minimum atomic E-state index is -0.934. The molecule has 210 valence electrons. The Balaban J connectivity index is 1.57. The number of hydrogen-bond acceptors (Lipinski definition) is 5. The van der Waals surface area contributed by atoms with Crippen molar-refractivity contribution in [3.63, 3.8) is 0 Å². The van der Waals surface area contributed by atoms with E-state index < -0.39 is 17.6 Å². The van der Waals surface area contributed by atoms with Crippen molar-refractivity contribution < 1.29 is 27.8 Å². The molecule has 10 heteroatoms. The highest BCUT2D eigenvalue weighted by Crippen LogP contribution is 2.35. The third-order valence-electron chi connectivity index (χ3n) is 7.18. The first-order valence-electron chi connectivity index (χ1n) is 13.1. The number of carbonyl (C=O) groups is 2. The maximum Gasteiger partial charge on any atom is 0.309 e. The molecule has 5 rings (SSSR count). The molecule has 1 unspecified atom stereocenters. The fraction of sp³-hybridized carbons (Fsp3) is 0.226. The molecule has 4 aromatic rings. The molecule has 3 heterocycles. The maximum atomic E-state index is 14.6. The normalized spacial score (nSPS) is 15.2. The van der Waals surface area contributed by atoms with Gasteiger partial charge in [-0.25, -0.2) is 8.78 Å². The number of benzene rings is 2. The third-order valence-corrected chi connectivity index (χ3v) is 7.47.